The number of thioether (sulfide) groups is 1. The maximum atomic E-state index is 9.54. The first-order valence-electron chi connectivity index (χ1n) is 7.46. The van der Waals surface area contributed by atoms with Crippen LogP contribution in [0.2, 0.25) is 0 Å². The summed E-state index contributed by atoms with van der Waals surface area (Å²) < 4.78 is 0. The fraction of sp³-hybridized carbons (Fsp3) is 0.105. The second-order valence-corrected chi connectivity index (χ2v) is 7.60. The van der Waals surface area contributed by atoms with Gasteiger partial charge in [-0.25, -0.2) is 0 Å². The summed E-state index contributed by atoms with van der Waals surface area (Å²) in [5.41, 5.74) is 3.39. The Morgan fingerprint density at radius 3 is 2.57 bits per heavy atom. The molecule has 3 aromatic rings. The number of aliphatic imine (C=N–C) groups is 1. The molecule has 23 heavy (non-hydrogen) atoms. The van der Waals surface area contributed by atoms with Gasteiger partial charge < -0.3 is 5.11 Å². The average Bonchev–Trinajstić information content (AvgIpc) is 3.03. The lowest BCUT2D eigenvalue weighted by molar-refractivity contribution is 0.475. The van der Waals surface area contributed by atoms with Crippen LogP contribution in [-0.2, 0) is 0 Å². The van der Waals surface area contributed by atoms with Gasteiger partial charge in [-0.2, -0.15) is 0 Å². The minimum absolute atomic E-state index is 0.292. The number of para-hydroxylation sites is 1. The molecule has 0 fully saturated rings. The molecular formula is C19H15NOS2. The van der Waals surface area contributed by atoms with Gasteiger partial charge >= 0.3 is 0 Å². The zero-order chi connectivity index (χ0) is 15.6. The third-order valence-electron chi connectivity index (χ3n) is 3.84. The van der Waals surface area contributed by atoms with E-state index in [0.717, 1.165) is 17.8 Å². The van der Waals surface area contributed by atoms with E-state index in [1.807, 2.05) is 30.0 Å². The zero-order valence-electron chi connectivity index (χ0n) is 12.3. The van der Waals surface area contributed by atoms with E-state index in [9.17, 15) is 5.11 Å². The molecule has 0 saturated carbocycles. The van der Waals surface area contributed by atoms with Crippen molar-refractivity contribution in [2.75, 3.05) is 0 Å². The Hall–Kier alpha value is -2.04. The lowest BCUT2D eigenvalue weighted by Crippen LogP contribution is -2.03. The molecule has 1 N–H and O–H groups in total. The number of hydrogen-bond acceptors (Lipinski definition) is 4. The maximum absolute atomic E-state index is 9.54. The van der Waals surface area contributed by atoms with E-state index in [2.05, 4.69) is 35.7 Å². The SMILES string of the molecule is Oc1ccc([C@@H]2CC(c3cccs3)=Nc3ccccc3S2)cc1. The van der Waals surface area contributed by atoms with Crippen molar-refractivity contribution in [2.24, 2.45) is 4.99 Å². The lowest BCUT2D eigenvalue weighted by atomic mass is 10.1. The number of nitrogens with zero attached hydrogens (tertiary/aromatic N) is 1. The van der Waals surface area contributed by atoms with E-state index in [4.69, 9.17) is 4.99 Å². The summed E-state index contributed by atoms with van der Waals surface area (Å²) in [6.45, 7) is 0. The van der Waals surface area contributed by atoms with Gasteiger partial charge in [-0.15, -0.1) is 23.1 Å². The van der Waals surface area contributed by atoms with Crippen molar-refractivity contribution >= 4 is 34.5 Å². The summed E-state index contributed by atoms with van der Waals surface area (Å²) in [4.78, 5) is 7.37. The highest BCUT2D eigenvalue weighted by Crippen LogP contribution is 2.45. The van der Waals surface area contributed by atoms with E-state index in [1.165, 1.54) is 15.3 Å². The third kappa shape index (κ3) is 3.05. The number of aromatic hydroxyl groups is 1. The normalized spacial score (nSPS) is 17.2. The number of fused-ring (bicyclic) bond motifs is 1. The van der Waals surface area contributed by atoms with Gasteiger partial charge in [-0.05, 0) is 41.3 Å². The predicted molar refractivity (Wildman–Crippen MR) is 98.3 cm³/mol. The Labute approximate surface area is 143 Å². The highest BCUT2D eigenvalue weighted by molar-refractivity contribution is 7.99. The first kappa shape index (κ1) is 14.5. The molecule has 0 bridgehead atoms. The smallest absolute Gasteiger partial charge is 0.115 e. The molecule has 0 spiro atoms. The zero-order valence-corrected chi connectivity index (χ0v) is 14.0. The minimum Gasteiger partial charge on any atom is -0.508 e. The van der Waals surface area contributed by atoms with E-state index in [0.29, 0.717) is 11.0 Å². The minimum atomic E-state index is 0.292. The standard InChI is InChI=1S/C19H15NOS2/c21-14-9-7-13(8-10-14)19-12-16(17-6-3-11-22-17)20-15-4-1-2-5-18(15)23-19/h1-11,19,21H,12H2/t19-/m0/s1. The average molecular weight is 337 g/mol. The van der Waals surface area contributed by atoms with E-state index >= 15 is 0 Å². The van der Waals surface area contributed by atoms with Gasteiger partial charge in [0.15, 0.2) is 0 Å². The van der Waals surface area contributed by atoms with Crippen molar-refractivity contribution in [1.29, 1.82) is 0 Å². The lowest BCUT2D eigenvalue weighted by Gasteiger charge is -2.15. The number of phenolic OH excluding ortho intramolecular Hbond substituents is 1. The second-order valence-electron chi connectivity index (χ2n) is 5.41. The molecule has 2 nitrogen and oxygen atoms in total. The molecule has 0 aliphatic carbocycles. The quantitative estimate of drug-likeness (QED) is 0.640. The predicted octanol–water partition coefficient (Wildman–Crippen LogP) is 5.81. The van der Waals surface area contributed by atoms with Crippen LogP contribution < -0.4 is 0 Å². The largest absolute Gasteiger partial charge is 0.508 e. The molecule has 2 aromatic carbocycles. The van der Waals surface area contributed by atoms with Crippen molar-refractivity contribution in [2.45, 2.75) is 16.6 Å². The number of rotatable bonds is 2. The van der Waals surface area contributed by atoms with Gasteiger partial charge in [0, 0.05) is 21.4 Å². The van der Waals surface area contributed by atoms with Gasteiger partial charge in [-0.1, -0.05) is 30.3 Å². The molecule has 1 aliphatic heterocycles. The Bertz CT molecular complexity index is 838. The summed E-state index contributed by atoms with van der Waals surface area (Å²) in [6, 6.07) is 20.0. The van der Waals surface area contributed by atoms with Gasteiger partial charge in [0.1, 0.15) is 5.75 Å². The van der Waals surface area contributed by atoms with Crippen molar-refractivity contribution in [1.82, 2.24) is 0 Å². The van der Waals surface area contributed by atoms with Crippen molar-refractivity contribution in [3.8, 4) is 5.75 Å². The van der Waals surface area contributed by atoms with Gasteiger partial charge in [0.25, 0.3) is 0 Å². The third-order valence-corrected chi connectivity index (χ3v) is 6.08. The van der Waals surface area contributed by atoms with Crippen LogP contribution in [0.3, 0.4) is 0 Å². The monoisotopic (exact) mass is 337 g/mol. The van der Waals surface area contributed by atoms with Crippen LogP contribution in [-0.4, -0.2) is 10.8 Å². The van der Waals surface area contributed by atoms with Crippen LogP contribution in [0, 0.1) is 0 Å². The van der Waals surface area contributed by atoms with E-state index < -0.39 is 0 Å². The van der Waals surface area contributed by atoms with Gasteiger partial charge in [0.2, 0.25) is 0 Å². The molecule has 4 rings (SSSR count). The number of benzene rings is 2. The number of thiophene rings is 1. The first-order chi connectivity index (χ1) is 11.3. The van der Waals surface area contributed by atoms with Crippen LogP contribution in [0.4, 0.5) is 5.69 Å². The summed E-state index contributed by atoms with van der Waals surface area (Å²) in [5.74, 6) is 0.305. The summed E-state index contributed by atoms with van der Waals surface area (Å²) in [5, 5.41) is 11.9. The molecule has 0 amide bonds. The Balaban J connectivity index is 1.78. The maximum Gasteiger partial charge on any atom is 0.115 e. The van der Waals surface area contributed by atoms with Crippen molar-refractivity contribution < 1.29 is 5.11 Å². The molecule has 114 valence electrons. The number of phenols is 1. The number of hydrogen-bond donors (Lipinski definition) is 1. The van der Waals surface area contributed by atoms with Crippen molar-refractivity contribution in [3.05, 3.63) is 76.5 Å². The topological polar surface area (TPSA) is 32.6 Å². The summed E-state index contributed by atoms with van der Waals surface area (Å²) in [7, 11) is 0. The van der Waals surface area contributed by atoms with Gasteiger partial charge in [-0.3, -0.25) is 4.99 Å². The molecule has 0 radical (unpaired) electrons. The van der Waals surface area contributed by atoms with E-state index in [-0.39, 0.29) is 0 Å². The molecule has 1 atom stereocenters. The van der Waals surface area contributed by atoms with Crippen LogP contribution in [0.25, 0.3) is 0 Å². The van der Waals surface area contributed by atoms with Crippen LogP contribution in [0.15, 0.2) is 75.9 Å². The van der Waals surface area contributed by atoms with Gasteiger partial charge in [0.05, 0.1) is 11.4 Å². The Morgan fingerprint density at radius 2 is 1.78 bits per heavy atom. The molecule has 2 heterocycles. The Morgan fingerprint density at radius 1 is 0.957 bits per heavy atom. The highest BCUT2D eigenvalue weighted by Gasteiger charge is 2.22. The second kappa shape index (κ2) is 6.22. The molecule has 1 aromatic heterocycles. The molecule has 4 heteroatoms. The van der Waals surface area contributed by atoms with E-state index in [1.54, 1.807) is 23.5 Å². The molecule has 0 unspecified atom stereocenters. The fourth-order valence-electron chi connectivity index (χ4n) is 2.68. The first-order valence-corrected chi connectivity index (χ1v) is 9.21. The summed E-state index contributed by atoms with van der Waals surface area (Å²) >= 11 is 3.58. The van der Waals surface area contributed by atoms with Crippen LogP contribution in [0.1, 0.15) is 22.1 Å². The fourth-order valence-corrected chi connectivity index (χ4v) is 4.64. The van der Waals surface area contributed by atoms with Crippen LogP contribution in [0.5, 0.6) is 5.75 Å². The molecular weight excluding hydrogens is 322 g/mol. The summed E-state index contributed by atoms with van der Waals surface area (Å²) in [6.07, 6.45) is 0.880. The molecule has 1 aliphatic rings. The van der Waals surface area contributed by atoms with Crippen LogP contribution >= 0.6 is 23.1 Å². The Kier molecular flexibility index (Phi) is 3.93. The highest BCUT2D eigenvalue weighted by atomic mass is 32.2. The molecule has 0 saturated heterocycles. The van der Waals surface area contributed by atoms with Crippen molar-refractivity contribution in [3.63, 3.8) is 0 Å².